The van der Waals surface area contributed by atoms with Gasteiger partial charge in [-0.2, -0.15) is 0 Å². The highest BCUT2D eigenvalue weighted by molar-refractivity contribution is 5.91. The number of carbonyl (C=O) groups is 1. The van der Waals surface area contributed by atoms with Gasteiger partial charge in [-0.1, -0.05) is 32.6 Å². The monoisotopic (exact) mass is 343 g/mol. The van der Waals surface area contributed by atoms with Crippen LogP contribution in [0.5, 0.6) is 0 Å². The minimum absolute atomic E-state index is 0.122. The predicted octanol–water partition coefficient (Wildman–Crippen LogP) is 5.57. The minimum Gasteiger partial charge on any atom is -0.457 e. The van der Waals surface area contributed by atoms with Crippen molar-refractivity contribution in [2.45, 2.75) is 52.0 Å². The maximum absolute atomic E-state index is 13.0. The lowest BCUT2D eigenvalue weighted by Gasteiger charge is -2.11. The maximum Gasteiger partial charge on any atom is 0.244 e. The summed E-state index contributed by atoms with van der Waals surface area (Å²) >= 11 is 0. The number of amides is 1. The third-order valence-electron chi connectivity index (χ3n) is 4.03. The number of rotatable bonds is 9. The molecule has 3 nitrogen and oxygen atoms in total. The average Bonchev–Trinajstić information content (AvgIpc) is 3.06. The normalized spacial score (nSPS) is 12.4. The van der Waals surface area contributed by atoms with Crippen molar-refractivity contribution in [2.24, 2.45) is 0 Å². The van der Waals surface area contributed by atoms with Gasteiger partial charge in [-0.15, -0.1) is 0 Å². The van der Waals surface area contributed by atoms with Crippen LogP contribution in [0.1, 0.15) is 51.7 Å². The van der Waals surface area contributed by atoms with Crippen LogP contribution in [0.3, 0.4) is 0 Å². The maximum atomic E-state index is 13.0. The largest absolute Gasteiger partial charge is 0.457 e. The van der Waals surface area contributed by atoms with E-state index in [1.165, 1.54) is 37.5 Å². The van der Waals surface area contributed by atoms with Crippen LogP contribution in [-0.2, 0) is 4.79 Å². The Hall–Kier alpha value is -2.36. The summed E-state index contributed by atoms with van der Waals surface area (Å²) in [5.74, 6) is 0.827. The van der Waals surface area contributed by atoms with E-state index in [2.05, 4.69) is 12.2 Å². The first kappa shape index (κ1) is 19.0. The summed E-state index contributed by atoms with van der Waals surface area (Å²) in [7, 11) is 0. The van der Waals surface area contributed by atoms with Crippen LogP contribution in [0.4, 0.5) is 4.39 Å². The zero-order valence-corrected chi connectivity index (χ0v) is 14.9. The molecule has 1 unspecified atom stereocenters. The van der Waals surface area contributed by atoms with E-state index in [4.69, 9.17) is 4.42 Å². The summed E-state index contributed by atoms with van der Waals surface area (Å²) in [4.78, 5) is 11.9. The number of halogens is 1. The van der Waals surface area contributed by atoms with Gasteiger partial charge in [0.1, 0.15) is 17.3 Å². The Morgan fingerprint density at radius 1 is 1.16 bits per heavy atom. The van der Waals surface area contributed by atoms with Crippen molar-refractivity contribution >= 4 is 12.0 Å². The van der Waals surface area contributed by atoms with Gasteiger partial charge in [0.25, 0.3) is 0 Å². The van der Waals surface area contributed by atoms with Crippen molar-refractivity contribution in [3.63, 3.8) is 0 Å². The third-order valence-corrected chi connectivity index (χ3v) is 4.03. The van der Waals surface area contributed by atoms with Crippen LogP contribution in [0.2, 0.25) is 0 Å². The van der Waals surface area contributed by atoms with E-state index < -0.39 is 0 Å². The number of nitrogens with one attached hydrogen (secondary N) is 1. The van der Waals surface area contributed by atoms with E-state index in [-0.39, 0.29) is 17.8 Å². The second kappa shape index (κ2) is 9.82. The zero-order chi connectivity index (χ0) is 18.1. The van der Waals surface area contributed by atoms with Gasteiger partial charge in [0.15, 0.2) is 0 Å². The van der Waals surface area contributed by atoms with Gasteiger partial charge in [0.2, 0.25) is 5.91 Å². The highest BCUT2D eigenvalue weighted by atomic mass is 19.1. The lowest BCUT2D eigenvalue weighted by Crippen LogP contribution is -2.30. The Morgan fingerprint density at radius 2 is 1.92 bits per heavy atom. The molecule has 1 atom stereocenters. The number of carbonyl (C=O) groups excluding carboxylic acids is 1. The molecule has 1 N–H and O–H groups in total. The van der Waals surface area contributed by atoms with Gasteiger partial charge >= 0.3 is 0 Å². The smallest absolute Gasteiger partial charge is 0.244 e. The Balaban J connectivity index is 1.83. The van der Waals surface area contributed by atoms with Crippen LogP contribution < -0.4 is 5.32 Å². The van der Waals surface area contributed by atoms with Crippen molar-refractivity contribution < 1.29 is 13.6 Å². The summed E-state index contributed by atoms with van der Waals surface area (Å²) in [5, 5.41) is 2.96. The molecule has 0 saturated carbocycles. The van der Waals surface area contributed by atoms with Gasteiger partial charge in [0, 0.05) is 17.7 Å². The number of hydrogen-bond donors (Lipinski definition) is 1. The molecule has 2 rings (SSSR count). The van der Waals surface area contributed by atoms with Crippen LogP contribution >= 0.6 is 0 Å². The molecule has 0 radical (unpaired) electrons. The van der Waals surface area contributed by atoms with E-state index in [1.807, 2.05) is 6.92 Å². The quantitative estimate of drug-likeness (QED) is 0.477. The fourth-order valence-corrected chi connectivity index (χ4v) is 2.61. The summed E-state index contributed by atoms with van der Waals surface area (Å²) < 4.78 is 18.6. The Kier molecular flexibility index (Phi) is 7.45. The standard InChI is InChI=1S/C21H26FNO2/c1-3-4-5-6-7-16(2)23-21(24)15-13-19-12-14-20(25-19)17-8-10-18(22)11-9-17/h8-16H,3-7H2,1-2H3,(H,23,24)/b15-13+. The molecule has 0 fully saturated rings. The van der Waals surface area contributed by atoms with Crippen molar-refractivity contribution in [3.05, 3.63) is 54.1 Å². The highest BCUT2D eigenvalue weighted by Crippen LogP contribution is 2.23. The minimum atomic E-state index is -0.282. The van der Waals surface area contributed by atoms with Crippen LogP contribution in [0.25, 0.3) is 17.4 Å². The molecule has 0 saturated heterocycles. The molecule has 1 heterocycles. The second-order valence-corrected chi connectivity index (χ2v) is 6.30. The van der Waals surface area contributed by atoms with Crippen molar-refractivity contribution in [1.82, 2.24) is 5.32 Å². The summed E-state index contributed by atoms with van der Waals surface area (Å²) in [6.45, 7) is 4.21. The molecule has 134 valence electrons. The first-order chi connectivity index (χ1) is 12.1. The topological polar surface area (TPSA) is 42.2 Å². The van der Waals surface area contributed by atoms with Gasteiger partial charge in [-0.05, 0) is 55.8 Å². The molecule has 2 aromatic rings. The van der Waals surface area contributed by atoms with E-state index >= 15 is 0 Å². The van der Waals surface area contributed by atoms with Crippen LogP contribution in [0, 0.1) is 5.82 Å². The zero-order valence-electron chi connectivity index (χ0n) is 14.9. The molecule has 0 aliphatic carbocycles. The molecule has 1 amide bonds. The molecule has 25 heavy (non-hydrogen) atoms. The van der Waals surface area contributed by atoms with Crippen molar-refractivity contribution in [3.8, 4) is 11.3 Å². The molecular weight excluding hydrogens is 317 g/mol. The number of benzene rings is 1. The van der Waals surface area contributed by atoms with E-state index in [1.54, 1.807) is 30.3 Å². The second-order valence-electron chi connectivity index (χ2n) is 6.30. The SMILES string of the molecule is CCCCCCC(C)NC(=O)/C=C/c1ccc(-c2ccc(F)cc2)o1. The molecule has 0 aliphatic rings. The molecule has 0 spiro atoms. The Bertz CT molecular complexity index is 688. The molecule has 0 bridgehead atoms. The Morgan fingerprint density at radius 3 is 2.64 bits per heavy atom. The van der Waals surface area contributed by atoms with Crippen molar-refractivity contribution in [2.75, 3.05) is 0 Å². The number of unbranched alkanes of at least 4 members (excludes halogenated alkanes) is 3. The Labute approximate surface area is 148 Å². The fourth-order valence-electron chi connectivity index (χ4n) is 2.61. The molecule has 1 aromatic heterocycles. The third kappa shape index (κ3) is 6.57. The summed E-state index contributed by atoms with van der Waals surface area (Å²) in [6, 6.07) is 9.87. The van der Waals surface area contributed by atoms with E-state index in [9.17, 15) is 9.18 Å². The van der Waals surface area contributed by atoms with Gasteiger partial charge < -0.3 is 9.73 Å². The first-order valence-corrected chi connectivity index (χ1v) is 8.93. The van der Waals surface area contributed by atoms with E-state index in [0.29, 0.717) is 11.5 Å². The molecule has 0 aliphatic heterocycles. The first-order valence-electron chi connectivity index (χ1n) is 8.93. The van der Waals surface area contributed by atoms with Crippen molar-refractivity contribution in [1.29, 1.82) is 0 Å². The fraction of sp³-hybridized carbons (Fsp3) is 0.381. The summed E-state index contributed by atoms with van der Waals surface area (Å²) in [6.07, 6.45) is 8.93. The molecular formula is C21H26FNO2. The van der Waals surface area contributed by atoms with Crippen LogP contribution in [-0.4, -0.2) is 11.9 Å². The highest BCUT2D eigenvalue weighted by Gasteiger charge is 2.06. The van der Waals surface area contributed by atoms with E-state index in [0.717, 1.165) is 18.4 Å². The number of furan rings is 1. The van der Waals surface area contributed by atoms with Crippen LogP contribution in [0.15, 0.2) is 46.9 Å². The number of hydrogen-bond acceptors (Lipinski definition) is 2. The van der Waals surface area contributed by atoms with Gasteiger partial charge in [0.05, 0.1) is 0 Å². The molecule has 4 heteroatoms. The van der Waals surface area contributed by atoms with Gasteiger partial charge in [-0.25, -0.2) is 4.39 Å². The lowest BCUT2D eigenvalue weighted by molar-refractivity contribution is -0.117. The van der Waals surface area contributed by atoms with Gasteiger partial charge in [-0.3, -0.25) is 4.79 Å². The molecule has 1 aromatic carbocycles. The predicted molar refractivity (Wildman–Crippen MR) is 99.5 cm³/mol. The average molecular weight is 343 g/mol. The summed E-state index contributed by atoms with van der Waals surface area (Å²) in [5.41, 5.74) is 0.797. The lowest BCUT2D eigenvalue weighted by atomic mass is 10.1.